The maximum atomic E-state index is 12.4. The van der Waals surface area contributed by atoms with Crippen LogP contribution in [0.15, 0.2) is 24.3 Å². The SMILES string of the molecule is CCCCCCCCCCCC/C=C/C(O)C(CO)NC(=O)CCCCCCC/C=C\CCCCOC(=O)CCCCCCCCCCCCCCCCCCC. The van der Waals surface area contributed by atoms with Crippen LogP contribution in [-0.4, -0.2) is 47.4 Å². The van der Waals surface area contributed by atoms with E-state index in [1.165, 1.54) is 154 Å². The topological polar surface area (TPSA) is 95.9 Å². The van der Waals surface area contributed by atoms with Gasteiger partial charge in [0.05, 0.1) is 25.4 Å². The van der Waals surface area contributed by atoms with Crippen LogP contribution < -0.4 is 5.32 Å². The van der Waals surface area contributed by atoms with E-state index in [4.69, 9.17) is 4.74 Å². The maximum Gasteiger partial charge on any atom is 0.305 e. The van der Waals surface area contributed by atoms with Crippen LogP contribution in [-0.2, 0) is 14.3 Å². The first-order valence-corrected chi connectivity index (χ1v) is 25.1. The van der Waals surface area contributed by atoms with Gasteiger partial charge in [0.25, 0.3) is 0 Å². The van der Waals surface area contributed by atoms with Gasteiger partial charge >= 0.3 is 5.97 Å². The summed E-state index contributed by atoms with van der Waals surface area (Å²) in [4.78, 5) is 24.4. The van der Waals surface area contributed by atoms with Crippen molar-refractivity contribution in [2.75, 3.05) is 13.2 Å². The van der Waals surface area contributed by atoms with Crippen LogP contribution in [0.2, 0.25) is 0 Å². The summed E-state index contributed by atoms with van der Waals surface area (Å²) in [6, 6.07) is -0.647. The third kappa shape index (κ3) is 43.7. The van der Waals surface area contributed by atoms with Crippen LogP contribution in [0.1, 0.15) is 264 Å². The third-order valence-electron chi connectivity index (χ3n) is 11.5. The largest absolute Gasteiger partial charge is 0.466 e. The second-order valence-corrected chi connectivity index (χ2v) is 17.1. The first kappa shape index (κ1) is 55.3. The number of aliphatic hydroxyl groups is 2. The normalized spacial score (nSPS) is 12.8. The molecule has 0 radical (unpaired) electrons. The van der Waals surface area contributed by atoms with E-state index in [2.05, 4.69) is 31.3 Å². The molecule has 0 saturated heterocycles. The van der Waals surface area contributed by atoms with Gasteiger partial charge in [0.2, 0.25) is 5.91 Å². The van der Waals surface area contributed by atoms with Gasteiger partial charge < -0.3 is 20.3 Å². The molecule has 0 aliphatic heterocycles. The Hall–Kier alpha value is -1.66. The maximum absolute atomic E-state index is 12.4. The number of hydrogen-bond acceptors (Lipinski definition) is 5. The number of amides is 1. The molecule has 0 aromatic heterocycles. The molecule has 0 aliphatic carbocycles. The summed E-state index contributed by atoms with van der Waals surface area (Å²) in [6.45, 7) is 4.82. The van der Waals surface area contributed by atoms with E-state index in [0.29, 0.717) is 19.4 Å². The molecular formula is C51H97NO5. The van der Waals surface area contributed by atoms with E-state index >= 15 is 0 Å². The Kier molecular flexibility index (Phi) is 45.7. The highest BCUT2D eigenvalue weighted by Gasteiger charge is 2.18. The number of unbranched alkanes of at least 4 members (excludes halogenated alkanes) is 33. The number of carbonyl (C=O) groups is 2. The van der Waals surface area contributed by atoms with Crippen molar-refractivity contribution in [3.63, 3.8) is 0 Å². The summed E-state index contributed by atoms with van der Waals surface area (Å²) in [7, 11) is 0. The van der Waals surface area contributed by atoms with Crippen molar-refractivity contribution in [2.45, 2.75) is 276 Å². The van der Waals surface area contributed by atoms with E-state index in [1.807, 2.05) is 6.08 Å². The lowest BCUT2D eigenvalue weighted by atomic mass is 10.0. The monoisotopic (exact) mass is 804 g/mol. The van der Waals surface area contributed by atoms with Gasteiger partial charge in [-0.3, -0.25) is 9.59 Å². The molecule has 3 N–H and O–H groups in total. The highest BCUT2D eigenvalue weighted by Crippen LogP contribution is 2.16. The van der Waals surface area contributed by atoms with Crippen molar-refractivity contribution in [2.24, 2.45) is 0 Å². The highest BCUT2D eigenvalue weighted by atomic mass is 16.5. The summed E-state index contributed by atoms with van der Waals surface area (Å²) >= 11 is 0. The van der Waals surface area contributed by atoms with Crippen molar-refractivity contribution in [1.29, 1.82) is 0 Å². The summed E-state index contributed by atoms with van der Waals surface area (Å²) in [6.07, 6.45) is 54.6. The predicted octanol–water partition coefficient (Wildman–Crippen LogP) is 14.7. The van der Waals surface area contributed by atoms with Gasteiger partial charge in [-0.1, -0.05) is 218 Å². The summed E-state index contributed by atoms with van der Waals surface area (Å²) in [5.41, 5.74) is 0. The van der Waals surface area contributed by atoms with E-state index < -0.39 is 12.1 Å². The molecule has 0 fully saturated rings. The zero-order valence-electron chi connectivity index (χ0n) is 38.1. The number of aliphatic hydroxyl groups excluding tert-OH is 2. The predicted molar refractivity (Wildman–Crippen MR) is 246 cm³/mol. The Bertz CT molecular complexity index is 889. The van der Waals surface area contributed by atoms with Gasteiger partial charge in [0.1, 0.15) is 0 Å². The first-order valence-electron chi connectivity index (χ1n) is 25.1. The molecule has 0 aromatic carbocycles. The average Bonchev–Trinajstić information content (AvgIpc) is 3.21. The van der Waals surface area contributed by atoms with Gasteiger partial charge in [0, 0.05) is 12.8 Å². The summed E-state index contributed by atoms with van der Waals surface area (Å²) < 4.78 is 5.44. The number of esters is 1. The number of hydrogen-bond donors (Lipinski definition) is 3. The Morgan fingerprint density at radius 2 is 0.825 bits per heavy atom. The minimum atomic E-state index is -0.860. The van der Waals surface area contributed by atoms with Crippen LogP contribution in [0.5, 0.6) is 0 Å². The Morgan fingerprint density at radius 3 is 1.25 bits per heavy atom. The van der Waals surface area contributed by atoms with Crippen molar-refractivity contribution in [1.82, 2.24) is 5.32 Å². The molecule has 0 bridgehead atoms. The summed E-state index contributed by atoms with van der Waals surface area (Å²) in [5, 5.41) is 23.0. The second-order valence-electron chi connectivity index (χ2n) is 17.1. The van der Waals surface area contributed by atoms with Gasteiger partial charge in [-0.15, -0.1) is 0 Å². The number of allylic oxidation sites excluding steroid dienone is 3. The van der Waals surface area contributed by atoms with Crippen LogP contribution in [0, 0.1) is 0 Å². The fourth-order valence-corrected chi connectivity index (χ4v) is 7.57. The highest BCUT2D eigenvalue weighted by molar-refractivity contribution is 5.76. The Labute approximate surface area is 354 Å². The molecule has 336 valence electrons. The molecule has 0 saturated carbocycles. The van der Waals surface area contributed by atoms with Crippen LogP contribution in [0.3, 0.4) is 0 Å². The molecule has 0 spiro atoms. The lowest BCUT2D eigenvalue weighted by molar-refractivity contribution is -0.143. The number of nitrogens with one attached hydrogen (secondary N) is 1. The van der Waals surface area contributed by atoms with Gasteiger partial charge in [-0.05, 0) is 57.8 Å². The molecule has 2 unspecified atom stereocenters. The van der Waals surface area contributed by atoms with E-state index in [9.17, 15) is 19.8 Å². The van der Waals surface area contributed by atoms with E-state index in [1.54, 1.807) is 6.08 Å². The van der Waals surface area contributed by atoms with Crippen molar-refractivity contribution in [3.05, 3.63) is 24.3 Å². The molecular weight excluding hydrogens is 707 g/mol. The van der Waals surface area contributed by atoms with Crippen LogP contribution >= 0.6 is 0 Å². The second kappa shape index (κ2) is 47.0. The Balaban J connectivity index is 3.52. The zero-order chi connectivity index (χ0) is 41.5. The molecule has 0 heterocycles. The van der Waals surface area contributed by atoms with Crippen molar-refractivity contribution in [3.8, 4) is 0 Å². The molecule has 6 heteroatoms. The quantitative estimate of drug-likeness (QED) is 0.0324. The summed E-state index contributed by atoms with van der Waals surface area (Å²) in [5.74, 6) is -0.127. The number of ether oxygens (including phenoxy) is 1. The average molecular weight is 804 g/mol. The van der Waals surface area contributed by atoms with Crippen LogP contribution in [0.25, 0.3) is 0 Å². The van der Waals surface area contributed by atoms with Gasteiger partial charge in [-0.25, -0.2) is 0 Å². The zero-order valence-corrected chi connectivity index (χ0v) is 38.1. The standard InChI is InChI=1S/C51H97NO5/c1-3-5-7-9-11-13-15-17-18-19-20-21-25-29-33-37-41-45-51(56)57-46-42-38-34-30-26-22-24-28-32-36-40-44-50(55)52-48(47-53)49(54)43-39-35-31-27-23-16-14-12-10-8-6-4-2/h26,30,39,43,48-49,53-54H,3-25,27-29,31-38,40-42,44-47H2,1-2H3,(H,52,55)/b30-26-,43-39+. The fraction of sp³-hybridized carbons (Fsp3) is 0.882. The first-order chi connectivity index (χ1) is 28.0. The van der Waals surface area contributed by atoms with Gasteiger partial charge in [0.15, 0.2) is 0 Å². The molecule has 6 nitrogen and oxygen atoms in total. The van der Waals surface area contributed by atoms with E-state index in [0.717, 1.165) is 83.5 Å². The molecule has 1 amide bonds. The third-order valence-corrected chi connectivity index (χ3v) is 11.5. The van der Waals surface area contributed by atoms with Crippen molar-refractivity contribution >= 4 is 11.9 Å². The number of carbonyl (C=O) groups excluding carboxylic acids is 2. The smallest absolute Gasteiger partial charge is 0.305 e. The van der Waals surface area contributed by atoms with Crippen molar-refractivity contribution < 1.29 is 24.5 Å². The van der Waals surface area contributed by atoms with Crippen LogP contribution in [0.4, 0.5) is 0 Å². The lowest BCUT2D eigenvalue weighted by Gasteiger charge is -2.20. The van der Waals surface area contributed by atoms with Gasteiger partial charge in [-0.2, -0.15) is 0 Å². The minimum absolute atomic E-state index is 0.0297. The number of rotatable bonds is 46. The molecule has 0 aliphatic rings. The van der Waals surface area contributed by atoms with E-state index in [-0.39, 0.29) is 18.5 Å². The fourth-order valence-electron chi connectivity index (χ4n) is 7.57. The lowest BCUT2D eigenvalue weighted by Crippen LogP contribution is -2.45. The molecule has 2 atom stereocenters. The molecule has 0 aromatic rings. The molecule has 0 rings (SSSR count). The Morgan fingerprint density at radius 1 is 0.474 bits per heavy atom. The minimum Gasteiger partial charge on any atom is -0.466 e. The molecule has 57 heavy (non-hydrogen) atoms.